The van der Waals surface area contributed by atoms with Gasteiger partial charge in [0.05, 0.1) is 19.6 Å². The standard InChI is InChI=1S/C17H24N2O3/c1-12(10-16(20)22-3)18-17(21)13(2)19-9-8-14-6-4-5-7-15(14)11-19/h4-7,12-13H,8-11H2,1-3H3,(H,18,21)/t12-,13-/m1/s1. The highest BCUT2D eigenvalue weighted by molar-refractivity contribution is 5.82. The van der Waals surface area contributed by atoms with Crippen molar-refractivity contribution in [3.63, 3.8) is 0 Å². The van der Waals surface area contributed by atoms with Crippen molar-refractivity contribution in [2.24, 2.45) is 0 Å². The molecule has 1 aromatic carbocycles. The van der Waals surface area contributed by atoms with E-state index in [1.807, 2.05) is 19.9 Å². The summed E-state index contributed by atoms with van der Waals surface area (Å²) in [6, 6.07) is 7.92. The highest BCUT2D eigenvalue weighted by Gasteiger charge is 2.26. The average Bonchev–Trinajstić information content (AvgIpc) is 2.53. The zero-order valence-electron chi connectivity index (χ0n) is 13.5. The lowest BCUT2D eigenvalue weighted by atomic mass is 9.98. The van der Waals surface area contributed by atoms with Gasteiger partial charge < -0.3 is 10.1 Å². The monoisotopic (exact) mass is 304 g/mol. The normalized spacial score (nSPS) is 17.2. The van der Waals surface area contributed by atoms with Crippen LogP contribution in [0.5, 0.6) is 0 Å². The lowest BCUT2D eigenvalue weighted by Crippen LogP contribution is -2.49. The summed E-state index contributed by atoms with van der Waals surface area (Å²) in [4.78, 5) is 25.7. The maximum atomic E-state index is 12.3. The molecule has 1 N–H and O–H groups in total. The quantitative estimate of drug-likeness (QED) is 0.838. The molecule has 0 unspecified atom stereocenters. The van der Waals surface area contributed by atoms with Crippen LogP contribution >= 0.6 is 0 Å². The van der Waals surface area contributed by atoms with Gasteiger partial charge in [-0.1, -0.05) is 24.3 Å². The smallest absolute Gasteiger partial charge is 0.307 e. The van der Waals surface area contributed by atoms with E-state index in [4.69, 9.17) is 0 Å². The van der Waals surface area contributed by atoms with Gasteiger partial charge in [0.25, 0.3) is 0 Å². The van der Waals surface area contributed by atoms with Gasteiger partial charge >= 0.3 is 5.97 Å². The molecule has 0 radical (unpaired) electrons. The number of amides is 1. The van der Waals surface area contributed by atoms with Crippen molar-refractivity contribution in [3.8, 4) is 0 Å². The third kappa shape index (κ3) is 4.07. The molecule has 1 heterocycles. The van der Waals surface area contributed by atoms with Crippen LogP contribution in [0, 0.1) is 0 Å². The number of hydrogen-bond acceptors (Lipinski definition) is 4. The second kappa shape index (κ2) is 7.40. The van der Waals surface area contributed by atoms with Gasteiger partial charge in [0.2, 0.25) is 5.91 Å². The van der Waals surface area contributed by atoms with Gasteiger partial charge in [-0.3, -0.25) is 14.5 Å². The van der Waals surface area contributed by atoms with Crippen LogP contribution < -0.4 is 5.32 Å². The molecule has 2 atom stereocenters. The van der Waals surface area contributed by atoms with Gasteiger partial charge in [0.15, 0.2) is 0 Å². The molecule has 2 rings (SSSR count). The van der Waals surface area contributed by atoms with Crippen LogP contribution in [-0.4, -0.2) is 42.5 Å². The molecular formula is C17H24N2O3. The molecule has 5 nitrogen and oxygen atoms in total. The lowest BCUT2D eigenvalue weighted by molar-refractivity contribution is -0.141. The predicted molar refractivity (Wildman–Crippen MR) is 84.3 cm³/mol. The summed E-state index contributed by atoms with van der Waals surface area (Å²) in [5, 5.41) is 2.88. The van der Waals surface area contributed by atoms with Crippen molar-refractivity contribution >= 4 is 11.9 Å². The molecule has 0 bridgehead atoms. The Balaban J connectivity index is 1.90. The molecule has 5 heteroatoms. The molecule has 0 fully saturated rings. The van der Waals surface area contributed by atoms with Crippen molar-refractivity contribution in [1.82, 2.24) is 10.2 Å². The van der Waals surface area contributed by atoms with Gasteiger partial charge in [-0.2, -0.15) is 0 Å². The Bertz CT molecular complexity index is 544. The Kier molecular flexibility index (Phi) is 5.55. The number of carbonyl (C=O) groups excluding carboxylic acids is 2. The molecular weight excluding hydrogens is 280 g/mol. The Morgan fingerprint density at radius 2 is 1.95 bits per heavy atom. The summed E-state index contributed by atoms with van der Waals surface area (Å²) in [5.74, 6) is -0.358. The van der Waals surface area contributed by atoms with Crippen molar-refractivity contribution in [1.29, 1.82) is 0 Å². The first-order chi connectivity index (χ1) is 10.5. The van der Waals surface area contributed by atoms with Crippen LogP contribution in [0.1, 0.15) is 31.4 Å². The Labute approximate surface area is 131 Å². The summed E-state index contributed by atoms with van der Waals surface area (Å²) in [5.41, 5.74) is 2.65. The van der Waals surface area contributed by atoms with E-state index in [1.165, 1.54) is 18.2 Å². The van der Waals surface area contributed by atoms with E-state index in [2.05, 4.69) is 33.2 Å². The molecule has 1 aliphatic heterocycles. The zero-order chi connectivity index (χ0) is 16.1. The first-order valence-corrected chi connectivity index (χ1v) is 7.69. The first kappa shape index (κ1) is 16.5. The number of nitrogens with one attached hydrogen (secondary N) is 1. The van der Waals surface area contributed by atoms with Crippen molar-refractivity contribution < 1.29 is 14.3 Å². The topological polar surface area (TPSA) is 58.6 Å². The summed E-state index contributed by atoms with van der Waals surface area (Å²) in [7, 11) is 1.35. The Hall–Kier alpha value is -1.88. The minimum Gasteiger partial charge on any atom is -0.469 e. The Morgan fingerprint density at radius 1 is 1.27 bits per heavy atom. The SMILES string of the molecule is COC(=O)C[C@@H](C)NC(=O)[C@@H](C)N1CCc2ccccc2C1. The van der Waals surface area contributed by atoms with Gasteiger partial charge in [-0.25, -0.2) is 0 Å². The molecule has 0 saturated heterocycles. The number of esters is 1. The molecule has 0 aliphatic carbocycles. The maximum Gasteiger partial charge on any atom is 0.307 e. The van der Waals surface area contributed by atoms with Crippen LogP contribution in [-0.2, 0) is 27.3 Å². The molecule has 0 aromatic heterocycles. The fraction of sp³-hybridized carbons (Fsp3) is 0.529. The second-order valence-electron chi connectivity index (χ2n) is 5.86. The van der Waals surface area contributed by atoms with Crippen LogP contribution in [0.15, 0.2) is 24.3 Å². The van der Waals surface area contributed by atoms with E-state index in [-0.39, 0.29) is 30.4 Å². The summed E-state index contributed by atoms with van der Waals surface area (Å²) < 4.78 is 4.62. The minimum absolute atomic E-state index is 0.0456. The van der Waals surface area contributed by atoms with Gasteiger partial charge in [-0.15, -0.1) is 0 Å². The van der Waals surface area contributed by atoms with Crippen molar-refractivity contribution in [2.75, 3.05) is 13.7 Å². The number of benzene rings is 1. The molecule has 0 spiro atoms. The highest BCUT2D eigenvalue weighted by Crippen LogP contribution is 2.20. The molecule has 0 saturated carbocycles. The first-order valence-electron chi connectivity index (χ1n) is 7.69. The molecule has 1 aromatic rings. The van der Waals surface area contributed by atoms with Crippen LogP contribution in [0.3, 0.4) is 0 Å². The van der Waals surface area contributed by atoms with Crippen LogP contribution in [0.2, 0.25) is 0 Å². The molecule has 1 aliphatic rings. The number of ether oxygens (including phenoxy) is 1. The minimum atomic E-state index is -0.313. The average molecular weight is 304 g/mol. The van der Waals surface area contributed by atoms with Crippen molar-refractivity contribution in [2.45, 2.75) is 45.3 Å². The summed E-state index contributed by atoms with van der Waals surface area (Å²) >= 11 is 0. The van der Waals surface area contributed by atoms with E-state index >= 15 is 0 Å². The van der Waals surface area contributed by atoms with Gasteiger partial charge in [0.1, 0.15) is 0 Å². The zero-order valence-corrected chi connectivity index (χ0v) is 13.5. The summed E-state index contributed by atoms with van der Waals surface area (Å²) in [6.45, 7) is 5.38. The van der Waals surface area contributed by atoms with Crippen molar-refractivity contribution in [3.05, 3.63) is 35.4 Å². The number of hydrogen-bond donors (Lipinski definition) is 1. The number of carbonyl (C=O) groups is 2. The number of fused-ring (bicyclic) bond motifs is 1. The van der Waals surface area contributed by atoms with Gasteiger partial charge in [0, 0.05) is 19.1 Å². The number of methoxy groups -OCH3 is 1. The van der Waals surface area contributed by atoms with Crippen LogP contribution in [0.25, 0.3) is 0 Å². The fourth-order valence-electron chi connectivity index (χ4n) is 2.76. The van der Waals surface area contributed by atoms with E-state index in [0.29, 0.717) is 0 Å². The number of nitrogens with zero attached hydrogens (tertiary/aromatic N) is 1. The van der Waals surface area contributed by atoms with Crippen LogP contribution in [0.4, 0.5) is 0 Å². The third-order valence-electron chi connectivity index (χ3n) is 4.18. The van der Waals surface area contributed by atoms with E-state index < -0.39 is 0 Å². The van der Waals surface area contributed by atoms with E-state index in [0.717, 1.165) is 19.5 Å². The maximum absolute atomic E-state index is 12.3. The van der Waals surface area contributed by atoms with Gasteiger partial charge in [-0.05, 0) is 31.4 Å². The summed E-state index contributed by atoms with van der Waals surface area (Å²) in [6.07, 6.45) is 1.16. The largest absolute Gasteiger partial charge is 0.469 e. The van der Waals surface area contributed by atoms with E-state index in [9.17, 15) is 9.59 Å². The molecule has 120 valence electrons. The number of rotatable bonds is 5. The lowest BCUT2D eigenvalue weighted by Gasteiger charge is -2.33. The third-order valence-corrected chi connectivity index (χ3v) is 4.18. The predicted octanol–water partition coefficient (Wildman–Crippen LogP) is 1.50. The molecule has 1 amide bonds. The van der Waals surface area contributed by atoms with E-state index in [1.54, 1.807) is 0 Å². The molecule has 22 heavy (non-hydrogen) atoms. The Morgan fingerprint density at radius 3 is 2.64 bits per heavy atom. The fourth-order valence-corrected chi connectivity index (χ4v) is 2.76. The highest BCUT2D eigenvalue weighted by atomic mass is 16.5. The second-order valence-corrected chi connectivity index (χ2v) is 5.86.